The zero-order valence-electron chi connectivity index (χ0n) is 12.0. The second-order valence-corrected chi connectivity index (χ2v) is 11.3. The van der Waals surface area contributed by atoms with Gasteiger partial charge in [0.1, 0.15) is 0 Å². The van der Waals surface area contributed by atoms with E-state index in [1.54, 1.807) is 12.1 Å². The number of rotatable bonds is 6. The molecule has 0 amide bonds. The molecule has 19 heavy (non-hydrogen) atoms. The van der Waals surface area contributed by atoms with E-state index in [4.69, 9.17) is 4.74 Å². The Kier molecular flexibility index (Phi) is 5.59. The van der Waals surface area contributed by atoms with Crippen LogP contribution in [0.15, 0.2) is 22.7 Å². The maximum absolute atomic E-state index is 13.5. The van der Waals surface area contributed by atoms with Gasteiger partial charge in [-0.3, -0.25) is 0 Å². The van der Waals surface area contributed by atoms with Gasteiger partial charge in [-0.1, -0.05) is 19.9 Å². The maximum Gasteiger partial charge on any atom is 0.188 e. The molecule has 0 aliphatic heterocycles. The summed E-state index contributed by atoms with van der Waals surface area (Å²) >= 11 is 3.27. The summed E-state index contributed by atoms with van der Waals surface area (Å²) in [6.45, 7) is 8.51. The molecule has 108 valence electrons. The number of hydrogen-bond acceptors (Lipinski definition) is 2. The fourth-order valence-corrected chi connectivity index (χ4v) is 2.86. The van der Waals surface area contributed by atoms with E-state index in [9.17, 15) is 9.19 Å². The standard InChI is InChI=1S/C14H22BrFO2Si/c1-14(2,19(3,4)17)9-6-10-18-13-11(15)7-5-8-12(13)16/h5,7-8,17H,6,9-10H2,1-4H3. The average molecular weight is 349 g/mol. The van der Waals surface area contributed by atoms with Crippen LogP contribution in [0.3, 0.4) is 0 Å². The molecule has 5 heteroatoms. The first-order valence-electron chi connectivity index (χ1n) is 6.44. The van der Waals surface area contributed by atoms with Gasteiger partial charge in [-0.15, -0.1) is 0 Å². The molecule has 1 rings (SSSR count). The molecule has 0 saturated carbocycles. The quantitative estimate of drug-likeness (QED) is 0.595. The summed E-state index contributed by atoms with van der Waals surface area (Å²) in [4.78, 5) is 10.2. The second kappa shape index (κ2) is 6.37. The van der Waals surface area contributed by atoms with Crippen molar-refractivity contribution in [3.05, 3.63) is 28.5 Å². The minimum absolute atomic E-state index is 0.0666. The van der Waals surface area contributed by atoms with Crippen molar-refractivity contribution in [1.82, 2.24) is 0 Å². The molecular formula is C14H22BrFO2Si. The summed E-state index contributed by atoms with van der Waals surface area (Å²) in [5.41, 5.74) is 0. The molecule has 0 aromatic heterocycles. The first-order chi connectivity index (χ1) is 8.65. The normalized spacial score (nSPS) is 12.6. The second-order valence-electron chi connectivity index (χ2n) is 5.95. The zero-order valence-corrected chi connectivity index (χ0v) is 14.6. The minimum Gasteiger partial charge on any atom is -0.489 e. The van der Waals surface area contributed by atoms with Gasteiger partial charge in [0.15, 0.2) is 19.9 Å². The van der Waals surface area contributed by atoms with E-state index in [0.717, 1.165) is 12.8 Å². The molecule has 0 heterocycles. The van der Waals surface area contributed by atoms with Crippen LogP contribution in [0.1, 0.15) is 26.7 Å². The van der Waals surface area contributed by atoms with Crippen LogP contribution in [0, 0.1) is 5.82 Å². The fourth-order valence-electron chi connectivity index (χ4n) is 1.61. The predicted molar refractivity (Wildman–Crippen MR) is 82.6 cm³/mol. The van der Waals surface area contributed by atoms with E-state index in [0.29, 0.717) is 11.1 Å². The van der Waals surface area contributed by atoms with Crippen molar-refractivity contribution in [2.24, 2.45) is 0 Å². The van der Waals surface area contributed by atoms with Crippen LogP contribution in [0.25, 0.3) is 0 Å². The number of hydrogen-bond donors (Lipinski definition) is 1. The van der Waals surface area contributed by atoms with Crippen molar-refractivity contribution in [3.63, 3.8) is 0 Å². The molecule has 0 atom stereocenters. The van der Waals surface area contributed by atoms with Crippen molar-refractivity contribution >= 4 is 24.2 Å². The number of halogens is 2. The maximum atomic E-state index is 13.5. The Bertz CT molecular complexity index is 410. The SMILES string of the molecule is CC(C)(CCCOc1c(F)cccc1Br)[Si](C)(C)O. The number of para-hydroxylation sites is 1. The van der Waals surface area contributed by atoms with Gasteiger partial charge in [-0.25, -0.2) is 4.39 Å². The van der Waals surface area contributed by atoms with Gasteiger partial charge >= 0.3 is 0 Å². The topological polar surface area (TPSA) is 29.5 Å². The van der Waals surface area contributed by atoms with E-state index in [2.05, 4.69) is 29.8 Å². The third-order valence-corrected chi connectivity index (χ3v) is 7.95. The lowest BCUT2D eigenvalue weighted by Gasteiger charge is -2.35. The highest BCUT2D eigenvalue weighted by atomic mass is 79.9. The summed E-state index contributed by atoms with van der Waals surface area (Å²) in [5.74, 6) is -0.0914. The van der Waals surface area contributed by atoms with Gasteiger partial charge in [-0.05, 0) is 59.0 Å². The van der Waals surface area contributed by atoms with E-state index in [1.807, 2.05) is 13.1 Å². The highest BCUT2D eigenvalue weighted by Crippen LogP contribution is 2.39. The fraction of sp³-hybridized carbons (Fsp3) is 0.571. The first-order valence-corrected chi connectivity index (χ1v) is 10.2. The lowest BCUT2D eigenvalue weighted by atomic mass is 10.1. The van der Waals surface area contributed by atoms with Crippen molar-refractivity contribution in [2.75, 3.05) is 6.61 Å². The van der Waals surface area contributed by atoms with Gasteiger partial charge in [0.25, 0.3) is 0 Å². The minimum atomic E-state index is -2.17. The Balaban J connectivity index is 2.48. The number of benzene rings is 1. The predicted octanol–water partition coefficient (Wildman–Crippen LogP) is 4.72. The Morgan fingerprint density at radius 3 is 2.53 bits per heavy atom. The molecule has 1 aromatic rings. The summed E-state index contributed by atoms with van der Waals surface area (Å²) in [5, 5.41) is -0.0666. The van der Waals surface area contributed by atoms with Crippen LogP contribution >= 0.6 is 15.9 Å². The molecule has 0 bridgehead atoms. The van der Waals surface area contributed by atoms with E-state index >= 15 is 0 Å². The molecule has 0 aliphatic carbocycles. The highest BCUT2D eigenvalue weighted by molar-refractivity contribution is 9.10. The third-order valence-electron chi connectivity index (χ3n) is 3.77. The van der Waals surface area contributed by atoms with Gasteiger partial charge in [0.05, 0.1) is 11.1 Å². The smallest absolute Gasteiger partial charge is 0.188 e. The monoisotopic (exact) mass is 348 g/mol. The molecule has 0 saturated heterocycles. The van der Waals surface area contributed by atoms with Crippen LogP contribution in [0.2, 0.25) is 18.1 Å². The molecule has 0 fully saturated rings. The van der Waals surface area contributed by atoms with Crippen LogP contribution in [-0.2, 0) is 0 Å². The zero-order chi connectivity index (χ0) is 14.7. The Labute approximate surface area is 124 Å². The van der Waals surface area contributed by atoms with Gasteiger partial charge in [0, 0.05) is 0 Å². The Morgan fingerprint density at radius 1 is 1.37 bits per heavy atom. The lowest BCUT2D eigenvalue weighted by molar-refractivity contribution is 0.280. The first kappa shape index (κ1) is 16.7. The molecule has 1 N–H and O–H groups in total. The summed E-state index contributed by atoms with van der Waals surface area (Å²) in [7, 11) is -2.17. The largest absolute Gasteiger partial charge is 0.489 e. The molecule has 0 aliphatic rings. The number of ether oxygens (including phenoxy) is 1. The van der Waals surface area contributed by atoms with Gasteiger partial charge in [0.2, 0.25) is 0 Å². The van der Waals surface area contributed by atoms with Crippen molar-refractivity contribution in [3.8, 4) is 5.75 Å². The molecule has 0 unspecified atom stereocenters. The van der Waals surface area contributed by atoms with Crippen LogP contribution in [0.5, 0.6) is 5.75 Å². The average Bonchev–Trinajstić information content (AvgIpc) is 2.25. The summed E-state index contributed by atoms with van der Waals surface area (Å²) in [6, 6.07) is 4.77. The summed E-state index contributed by atoms with van der Waals surface area (Å²) < 4.78 is 19.6. The molecule has 0 radical (unpaired) electrons. The lowest BCUT2D eigenvalue weighted by Crippen LogP contribution is -2.39. The molecule has 0 spiro atoms. The Hall–Kier alpha value is -0.393. The van der Waals surface area contributed by atoms with Gasteiger partial charge in [-0.2, -0.15) is 0 Å². The highest BCUT2D eigenvalue weighted by Gasteiger charge is 2.37. The third kappa shape index (κ3) is 4.58. The van der Waals surface area contributed by atoms with Crippen molar-refractivity contribution < 1.29 is 13.9 Å². The van der Waals surface area contributed by atoms with Crippen molar-refractivity contribution in [1.29, 1.82) is 0 Å². The molecule has 2 nitrogen and oxygen atoms in total. The van der Waals surface area contributed by atoms with Crippen LogP contribution in [0.4, 0.5) is 4.39 Å². The molecule has 1 aromatic carbocycles. The molecular weight excluding hydrogens is 327 g/mol. The van der Waals surface area contributed by atoms with E-state index in [-0.39, 0.29) is 16.6 Å². The van der Waals surface area contributed by atoms with Crippen LogP contribution in [-0.4, -0.2) is 19.7 Å². The van der Waals surface area contributed by atoms with E-state index in [1.165, 1.54) is 6.07 Å². The van der Waals surface area contributed by atoms with Gasteiger partial charge < -0.3 is 9.53 Å². The Morgan fingerprint density at radius 2 is 2.00 bits per heavy atom. The summed E-state index contributed by atoms with van der Waals surface area (Å²) in [6.07, 6.45) is 1.67. The van der Waals surface area contributed by atoms with Crippen molar-refractivity contribution in [2.45, 2.75) is 44.8 Å². The van der Waals surface area contributed by atoms with E-state index < -0.39 is 8.32 Å². The van der Waals surface area contributed by atoms with Crippen LogP contribution < -0.4 is 4.74 Å².